The van der Waals surface area contributed by atoms with E-state index in [9.17, 15) is 9.90 Å². The third-order valence-corrected chi connectivity index (χ3v) is 3.15. The summed E-state index contributed by atoms with van der Waals surface area (Å²) in [5.41, 5.74) is -0.865. The Hall–Kier alpha value is -0.650. The second-order valence-electron chi connectivity index (χ2n) is 6.19. The standard InChI is InChI=1S/C13H26N2O3/c1-12(2,3)14-9-11(16)15(4)10-13(17)5-7-18-8-6-13/h14,17H,5-10H2,1-4H3. The van der Waals surface area contributed by atoms with Gasteiger partial charge in [-0.1, -0.05) is 0 Å². The molecular weight excluding hydrogens is 232 g/mol. The third-order valence-electron chi connectivity index (χ3n) is 3.15. The van der Waals surface area contributed by atoms with Gasteiger partial charge in [-0.2, -0.15) is 0 Å². The lowest BCUT2D eigenvalue weighted by atomic mass is 9.94. The average molecular weight is 258 g/mol. The molecule has 0 bridgehead atoms. The third kappa shape index (κ3) is 5.33. The zero-order valence-electron chi connectivity index (χ0n) is 12.0. The van der Waals surface area contributed by atoms with E-state index in [1.54, 1.807) is 11.9 Å². The molecule has 0 aromatic carbocycles. The lowest BCUT2D eigenvalue weighted by molar-refractivity contribution is -0.136. The molecule has 1 saturated heterocycles. The van der Waals surface area contributed by atoms with Crippen molar-refractivity contribution >= 4 is 5.91 Å². The summed E-state index contributed by atoms with van der Waals surface area (Å²) in [5.74, 6) is 0.00448. The zero-order chi connectivity index (χ0) is 13.8. The van der Waals surface area contributed by atoms with Crippen LogP contribution in [-0.4, -0.2) is 60.4 Å². The molecule has 1 aliphatic heterocycles. The molecule has 0 saturated carbocycles. The molecule has 1 heterocycles. The van der Waals surface area contributed by atoms with Crippen LogP contribution in [0, 0.1) is 0 Å². The van der Waals surface area contributed by atoms with Crippen molar-refractivity contribution in [3.05, 3.63) is 0 Å². The first-order valence-corrected chi connectivity index (χ1v) is 6.51. The molecule has 1 amide bonds. The summed E-state index contributed by atoms with van der Waals surface area (Å²) in [6, 6.07) is 0. The second-order valence-corrected chi connectivity index (χ2v) is 6.19. The number of ether oxygens (including phenoxy) is 1. The van der Waals surface area contributed by atoms with Crippen molar-refractivity contribution in [2.75, 3.05) is 33.4 Å². The van der Waals surface area contributed by atoms with Crippen LogP contribution in [0.5, 0.6) is 0 Å². The Balaban J connectivity index is 2.39. The lowest BCUT2D eigenvalue weighted by Gasteiger charge is -2.35. The summed E-state index contributed by atoms with van der Waals surface area (Å²) in [5, 5.41) is 13.5. The van der Waals surface area contributed by atoms with Crippen molar-refractivity contribution in [2.24, 2.45) is 0 Å². The number of carbonyl (C=O) groups is 1. The van der Waals surface area contributed by atoms with Gasteiger partial charge in [0.1, 0.15) is 0 Å². The molecule has 1 aliphatic rings. The number of nitrogens with one attached hydrogen (secondary N) is 1. The molecule has 0 spiro atoms. The van der Waals surface area contributed by atoms with Gasteiger partial charge in [-0.25, -0.2) is 0 Å². The maximum atomic E-state index is 11.9. The van der Waals surface area contributed by atoms with Crippen LogP contribution >= 0.6 is 0 Å². The van der Waals surface area contributed by atoms with Crippen LogP contribution in [0.15, 0.2) is 0 Å². The molecular formula is C13H26N2O3. The molecule has 2 N–H and O–H groups in total. The molecule has 106 valence electrons. The van der Waals surface area contributed by atoms with E-state index in [-0.39, 0.29) is 11.4 Å². The number of nitrogens with zero attached hydrogens (tertiary/aromatic N) is 1. The fourth-order valence-electron chi connectivity index (χ4n) is 1.91. The Morgan fingerprint density at radius 3 is 2.44 bits per heavy atom. The average Bonchev–Trinajstić information content (AvgIpc) is 2.25. The van der Waals surface area contributed by atoms with Crippen molar-refractivity contribution in [1.82, 2.24) is 10.2 Å². The van der Waals surface area contributed by atoms with Gasteiger partial charge in [0.05, 0.1) is 12.1 Å². The molecule has 5 nitrogen and oxygen atoms in total. The van der Waals surface area contributed by atoms with E-state index >= 15 is 0 Å². The van der Waals surface area contributed by atoms with Crippen LogP contribution in [0.1, 0.15) is 33.6 Å². The first-order valence-electron chi connectivity index (χ1n) is 6.51. The first kappa shape index (κ1) is 15.4. The lowest BCUT2D eigenvalue weighted by Crippen LogP contribution is -2.50. The summed E-state index contributed by atoms with van der Waals surface area (Å²) >= 11 is 0. The molecule has 0 atom stereocenters. The molecule has 0 unspecified atom stereocenters. The summed E-state index contributed by atoms with van der Waals surface area (Å²) in [7, 11) is 1.74. The molecule has 18 heavy (non-hydrogen) atoms. The molecule has 1 fully saturated rings. The maximum absolute atomic E-state index is 11.9. The van der Waals surface area contributed by atoms with Gasteiger partial charge in [-0.05, 0) is 20.8 Å². The zero-order valence-corrected chi connectivity index (χ0v) is 12.0. The monoisotopic (exact) mass is 258 g/mol. The van der Waals surface area contributed by atoms with Crippen molar-refractivity contribution in [3.8, 4) is 0 Å². The van der Waals surface area contributed by atoms with Crippen molar-refractivity contribution < 1.29 is 14.6 Å². The smallest absolute Gasteiger partial charge is 0.236 e. The van der Waals surface area contributed by atoms with Gasteiger partial charge in [-0.15, -0.1) is 0 Å². The van der Waals surface area contributed by atoms with Crippen molar-refractivity contribution in [1.29, 1.82) is 0 Å². The van der Waals surface area contributed by atoms with Gasteiger partial charge >= 0.3 is 0 Å². The van der Waals surface area contributed by atoms with Gasteiger partial charge in [-0.3, -0.25) is 4.79 Å². The Morgan fingerprint density at radius 1 is 1.39 bits per heavy atom. The van der Waals surface area contributed by atoms with E-state index in [0.717, 1.165) is 0 Å². The summed E-state index contributed by atoms with van der Waals surface area (Å²) in [6.07, 6.45) is 1.19. The highest BCUT2D eigenvalue weighted by atomic mass is 16.5. The maximum Gasteiger partial charge on any atom is 0.236 e. The number of aliphatic hydroxyl groups is 1. The Labute approximate surface area is 109 Å². The minimum atomic E-state index is -0.787. The van der Waals surface area contributed by atoms with E-state index in [0.29, 0.717) is 39.1 Å². The predicted molar refractivity (Wildman–Crippen MR) is 70.4 cm³/mol. The highest BCUT2D eigenvalue weighted by Crippen LogP contribution is 2.21. The van der Waals surface area contributed by atoms with Gasteiger partial charge in [0.2, 0.25) is 5.91 Å². The quantitative estimate of drug-likeness (QED) is 0.765. The molecule has 0 radical (unpaired) electrons. The van der Waals surface area contributed by atoms with E-state index < -0.39 is 5.60 Å². The molecule has 1 rings (SSSR count). The number of rotatable bonds is 4. The minimum absolute atomic E-state index is 0.00448. The van der Waals surface area contributed by atoms with Crippen LogP contribution in [-0.2, 0) is 9.53 Å². The van der Waals surface area contributed by atoms with Crippen LogP contribution in [0.4, 0.5) is 0 Å². The fourth-order valence-corrected chi connectivity index (χ4v) is 1.91. The van der Waals surface area contributed by atoms with Gasteiger partial charge in [0.25, 0.3) is 0 Å². The number of carbonyl (C=O) groups excluding carboxylic acids is 1. The molecule has 5 heteroatoms. The highest BCUT2D eigenvalue weighted by molar-refractivity contribution is 5.78. The molecule has 0 aliphatic carbocycles. The normalized spacial score (nSPS) is 19.6. The van der Waals surface area contributed by atoms with Gasteiger partial charge in [0, 0.05) is 45.2 Å². The van der Waals surface area contributed by atoms with E-state index in [1.165, 1.54) is 0 Å². The minimum Gasteiger partial charge on any atom is -0.388 e. The molecule has 0 aromatic heterocycles. The van der Waals surface area contributed by atoms with Gasteiger partial charge in [0.15, 0.2) is 0 Å². The highest BCUT2D eigenvalue weighted by Gasteiger charge is 2.32. The SMILES string of the molecule is CN(CC1(O)CCOCC1)C(=O)CNC(C)(C)C. The van der Waals surface area contributed by atoms with Crippen LogP contribution in [0.2, 0.25) is 0 Å². The van der Waals surface area contributed by atoms with Gasteiger partial charge < -0.3 is 20.1 Å². The summed E-state index contributed by atoms with van der Waals surface area (Å²) < 4.78 is 5.22. The topological polar surface area (TPSA) is 61.8 Å². The second kappa shape index (κ2) is 5.99. The van der Waals surface area contributed by atoms with Crippen LogP contribution < -0.4 is 5.32 Å². The summed E-state index contributed by atoms with van der Waals surface area (Å²) in [4.78, 5) is 13.5. The van der Waals surface area contributed by atoms with E-state index in [2.05, 4.69) is 5.32 Å². The van der Waals surface area contributed by atoms with Crippen LogP contribution in [0.25, 0.3) is 0 Å². The predicted octanol–water partition coefficient (Wildman–Crippen LogP) is 0.374. The number of hydrogen-bond acceptors (Lipinski definition) is 4. The van der Waals surface area contributed by atoms with E-state index in [1.807, 2.05) is 20.8 Å². The Morgan fingerprint density at radius 2 is 1.94 bits per heavy atom. The first-order chi connectivity index (χ1) is 8.22. The largest absolute Gasteiger partial charge is 0.388 e. The number of likely N-dealkylation sites (N-methyl/N-ethyl adjacent to an activating group) is 1. The fraction of sp³-hybridized carbons (Fsp3) is 0.923. The Bertz CT molecular complexity index is 280. The van der Waals surface area contributed by atoms with Crippen molar-refractivity contribution in [2.45, 2.75) is 44.8 Å². The van der Waals surface area contributed by atoms with Crippen LogP contribution in [0.3, 0.4) is 0 Å². The number of amides is 1. The number of hydrogen-bond donors (Lipinski definition) is 2. The van der Waals surface area contributed by atoms with Crippen molar-refractivity contribution in [3.63, 3.8) is 0 Å². The molecule has 0 aromatic rings. The van der Waals surface area contributed by atoms with E-state index in [4.69, 9.17) is 4.74 Å². The Kier molecular flexibility index (Phi) is 5.13. The summed E-state index contributed by atoms with van der Waals surface area (Å²) in [6.45, 7) is 7.87.